The number of aryl methyl sites for hydroxylation is 1. The first kappa shape index (κ1) is 15.9. The van der Waals surface area contributed by atoms with E-state index in [1.165, 1.54) is 23.5 Å². The van der Waals surface area contributed by atoms with Crippen LogP contribution in [0.2, 0.25) is 0 Å². The molecule has 0 aliphatic carbocycles. The van der Waals surface area contributed by atoms with E-state index in [9.17, 15) is 14.0 Å². The number of halogens is 1. The fourth-order valence-corrected chi connectivity index (χ4v) is 4.30. The Balaban J connectivity index is 1.96. The molecule has 1 aliphatic heterocycles. The number of hydrogen-bond acceptors (Lipinski definition) is 3. The van der Waals surface area contributed by atoms with Crippen LogP contribution in [0.25, 0.3) is 10.1 Å². The molecule has 2 aromatic rings. The van der Waals surface area contributed by atoms with Crippen molar-refractivity contribution in [2.45, 2.75) is 32.7 Å². The van der Waals surface area contributed by atoms with E-state index in [-0.39, 0.29) is 29.6 Å². The maximum atomic E-state index is 13.4. The summed E-state index contributed by atoms with van der Waals surface area (Å²) in [7, 11) is 0. The maximum absolute atomic E-state index is 13.4. The topological polar surface area (TPSA) is 63.4 Å². The van der Waals surface area contributed by atoms with E-state index >= 15 is 0 Å². The van der Waals surface area contributed by atoms with E-state index in [0.29, 0.717) is 11.4 Å². The number of nitrogens with zero attached hydrogens (tertiary/aromatic N) is 1. The summed E-state index contributed by atoms with van der Waals surface area (Å²) in [5, 5.41) is 0.773. The van der Waals surface area contributed by atoms with Gasteiger partial charge in [0.2, 0.25) is 5.91 Å². The normalized spacial score (nSPS) is 21.6. The number of nitrogens with two attached hydrogens (primary N) is 1. The van der Waals surface area contributed by atoms with Crippen molar-refractivity contribution in [1.82, 2.24) is 4.90 Å². The minimum Gasteiger partial charge on any atom is -0.369 e. The average molecular weight is 334 g/mol. The van der Waals surface area contributed by atoms with Gasteiger partial charge in [0, 0.05) is 17.3 Å². The van der Waals surface area contributed by atoms with Gasteiger partial charge in [0.15, 0.2) is 0 Å². The molecule has 3 rings (SSSR count). The van der Waals surface area contributed by atoms with E-state index in [4.69, 9.17) is 5.73 Å². The van der Waals surface area contributed by atoms with Crippen LogP contribution in [0.5, 0.6) is 0 Å². The van der Waals surface area contributed by atoms with Crippen LogP contribution in [-0.2, 0) is 4.79 Å². The van der Waals surface area contributed by atoms with Crippen molar-refractivity contribution >= 4 is 33.2 Å². The van der Waals surface area contributed by atoms with E-state index in [1.54, 1.807) is 11.0 Å². The predicted molar refractivity (Wildman–Crippen MR) is 88.9 cm³/mol. The number of fused-ring (bicyclic) bond motifs is 1. The SMILES string of the molecule is Cc1c(C(=O)N2CC(C(N)=O)CCC2C)sc2ccc(F)cc12. The van der Waals surface area contributed by atoms with Crippen LogP contribution in [0.3, 0.4) is 0 Å². The van der Waals surface area contributed by atoms with Gasteiger partial charge in [0.1, 0.15) is 5.82 Å². The standard InChI is InChI=1S/C17H19FN2O2S/c1-9-3-4-11(16(19)21)8-20(9)17(22)15-10(2)13-7-12(18)5-6-14(13)23-15/h5-7,9,11H,3-4,8H2,1-2H3,(H2,19,21). The smallest absolute Gasteiger partial charge is 0.264 e. The molecule has 2 amide bonds. The second-order valence-electron chi connectivity index (χ2n) is 6.18. The van der Waals surface area contributed by atoms with Gasteiger partial charge in [-0.25, -0.2) is 4.39 Å². The zero-order chi connectivity index (χ0) is 16.7. The molecule has 2 unspecified atom stereocenters. The molecule has 1 aromatic heterocycles. The van der Waals surface area contributed by atoms with Gasteiger partial charge < -0.3 is 10.6 Å². The molecule has 2 heterocycles. The number of benzene rings is 1. The fraction of sp³-hybridized carbons (Fsp3) is 0.412. The van der Waals surface area contributed by atoms with Crippen molar-refractivity contribution in [1.29, 1.82) is 0 Å². The van der Waals surface area contributed by atoms with Gasteiger partial charge in [0.25, 0.3) is 5.91 Å². The molecule has 1 saturated heterocycles. The highest BCUT2D eigenvalue weighted by atomic mass is 32.1. The lowest BCUT2D eigenvalue weighted by Crippen LogP contribution is -2.48. The molecule has 2 N–H and O–H groups in total. The number of thiophene rings is 1. The molecule has 1 aromatic carbocycles. The number of primary amides is 1. The van der Waals surface area contributed by atoms with Gasteiger partial charge in [-0.15, -0.1) is 11.3 Å². The number of carbonyl (C=O) groups is 2. The first-order valence-corrected chi connectivity index (χ1v) is 8.49. The summed E-state index contributed by atoms with van der Waals surface area (Å²) in [4.78, 5) is 26.7. The van der Waals surface area contributed by atoms with Crippen molar-refractivity contribution in [2.75, 3.05) is 6.54 Å². The summed E-state index contributed by atoms with van der Waals surface area (Å²) in [6.45, 7) is 4.18. The second kappa shape index (κ2) is 5.92. The lowest BCUT2D eigenvalue weighted by atomic mass is 9.92. The minimum atomic E-state index is -0.357. The van der Waals surface area contributed by atoms with Crippen LogP contribution in [0, 0.1) is 18.7 Å². The second-order valence-corrected chi connectivity index (χ2v) is 7.23. The van der Waals surface area contributed by atoms with Gasteiger partial charge in [-0.1, -0.05) is 0 Å². The zero-order valence-corrected chi connectivity index (χ0v) is 14.0. The lowest BCUT2D eigenvalue weighted by molar-refractivity contribution is -0.123. The Labute approximate surface area is 138 Å². The number of carbonyl (C=O) groups excluding carboxylic acids is 2. The Bertz CT molecular complexity index is 786. The largest absolute Gasteiger partial charge is 0.369 e. The molecule has 1 aliphatic rings. The Hall–Kier alpha value is -1.95. The summed E-state index contributed by atoms with van der Waals surface area (Å²) in [6, 6.07) is 4.63. The molecular formula is C17H19FN2O2S. The Morgan fingerprint density at radius 3 is 2.78 bits per heavy atom. The zero-order valence-electron chi connectivity index (χ0n) is 13.1. The summed E-state index contributed by atoms with van der Waals surface area (Å²) >= 11 is 1.37. The molecule has 0 spiro atoms. The predicted octanol–water partition coefficient (Wildman–Crippen LogP) is 3.07. The van der Waals surface area contributed by atoms with Crippen LogP contribution in [0.15, 0.2) is 18.2 Å². The quantitative estimate of drug-likeness (QED) is 0.917. The molecule has 23 heavy (non-hydrogen) atoms. The molecular weight excluding hydrogens is 315 g/mol. The monoisotopic (exact) mass is 334 g/mol. The van der Waals surface area contributed by atoms with Crippen LogP contribution in [0.4, 0.5) is 4.39 Å². The molecule has 0 radical (unpaired) electrons. The summed E-state index contributed by atoms with van der Waals surface area (Å²) < 4.78 is 14.3. The van der Waals surface area contributed by atoms with Crippen LogP contribution < -0.4 is 5.73 Å². The van der Waals surface area contributed by atoms with E-state index in [0.717, 1.165) is 28.5 Å². The highest BCUT2D eigenvalue weighted by molar-refractivity contribution is 7.21. The third-order valence-corrected chi connectivity index (χ3v) is 5.90. The molecule has 1 fully saturated rings. The van der Waals surface area contributed by atoms with Crippen molar-refractivity contribution < 1.29 is 14.0 Å². The van der Waals surface area contributed by atoms with Crippen LogP contribution in [0.1, 0.15) is 35.0 Å². The molecule has 2 atom stereocenters. The average Bonchev–Trinajstić information content (AvgIpc) is 2.83. The fourth-order valence-electron chi connectivity index (χ4n) is 3.15. The van der Waals surface area contributed by atoms with Crippen molar-refractivity contribution in [3.63, 3.8) is 0 Å². The van der Waals surface area contributed by atoms with Crippen molar-refractivity contribution in [2.24, 2.45) is 11.7 Å². The van der Waals surface area contributed by atoms with E-state index < -0.39 is 0 Å². The number of rotatable bonds is 2. The molecule has 6 heteroatoms. The van der Waals surface area contributed by atoms with Gasteiger partial charge in [-0.05, 0) is 55.8 Å². The highest BCUT2D eigenvalue weighted by Gasteiger charge is 2.33. The van der Waals surface area contributed by atoms with Gasteiger partial charge in [-0.2, -0.15) is 0 Å². The molecule has 0 bridgehead atoms. The Morgan fingerprint density at radius 1 is 1.35 bits per heavy atom. The van der Waals surface area contributed by atoms with E-state index in [2.05, 4.69) is 0 Å². The molecule has 122 valence electrons. The first-order valence-electron chi connectivity index (χ1n) is 7.67. The summed E-state index contributed by atoms with van der Waals surface area (Å²) in [5.74, 6) is -1.05. The number of likely N-dealkylation sites (tertiary alicyclic amines) is 1. The lowest BCUT2D eigenvalue weighted by Gasteiger charge is -2.36. The van der Waals surface area contributed by atoms with Gasteiger partial charge in [0.05, 0.1) is 10.8 Å². The molecule has 4 nitrogen and oxygen atoms in total. The highest BCUT2D eigenvalue weighted by Crippen LogP contribution is 2.34. The Kier molecular flexibility index (Phi) is 4.10. The Morgan fingerprint density at radius 2 is 2.09 bits per heavy atom. The summed E-state index contributed by atoms with van der Waals surface area (Å²) in [5.41, 5.74) is 6.20. The third kappa shape index (κ3) is 2.83. The number of hydrogen-bond donors (Lipinski definition) is 1. The van der Waals surface area contributed by atoms with Crippen molar-refractivity contribution in [3.05, 3.63) is 34.5 Å². The van der Waals surface area contributed by atoms with Crippen LogP contribution in [-0.4, -0.2) is 29.3 Å². The molecule has 0 saturated carbocycles. The third-order valence-electron chi connectivity index (χ3n) is 4.64. The van der Waals surface area contributed by atoms with Gasteiger partial charge in [-0.3, -0.25) is 9.59 Å². The number of piperidine rings is 1. The number of amides is 2. The van der Waals surface area contributed by atoms with Crippen molar-refractivity contribution in [3.8, 4) is 0 Å². The first-order chi connectivity index (χ1) is 10.9. The van der Waals surface area contributed by atoms with Gasteiger partial charge >= 0.3 is 0 Å². The summed E-state index contributed by atoms with van der Waals surface area (Å²) in [6.07, 6.45) is 1.48. The minimum absolute atomic E-state index is 0.0689. The van der Waals surface area contributed by atoms with Crippen LogP contribution >= 0.6 is 11.3 Å². The van der Waals surface area contributed by atoms with E-state index in [1.807, 2.05) is 13.8 Å². The maximum Gasteiger partial charge on any atom is 0.264 e.